The molecule has 70 valence electrons. The normalized spacial score (nSPS) is 10.3. The Bertz CT molecular complexity index is 493. The maximum Gasteiger partial charge on any atom is 0.151 e. The molecule has 0 radical (unpaired) electrons. The molecule has 2 aromatic rings. The van der Waals surface area contributed by atoms with E-state index in [1.807, 2.05) is 28.9 Å². The van der Waals surface area contributed by atoms with Crippen molar-refractivity contribution in [3.8, 4) is 12.3 Å². The smallest absolute Gasteiger partial charge is 0.151 e. The first-order valence-electron chi connectivity index (χ1n) is 4.37. The lowest BCUT2D eigenvalue weighted by atomic mass is 10.3. The van der Waals surface area contributed by atoms with Crippen LogP contribution in [0.15, 0.2) is 29.0 Å². The van der Waals surface area contributed by atoms with Gasteiger partial charge in [-0.2, -0.15) is 0 Å². The van der Waals surface area contributed by atoms with E-state index in [1.54, 1.807) is 0 Å². The molecule has 0 bridgehead atoms. The molecule has 0 aliphatic rings. The highest BCUT2D eigenvalue weighted by Gasteiger charge is 2.02. The second-order valence-electron chi connectivity index (χ2n) is 3.02. The summed E-state index contributed by atoms with van der Waals surface area (Å²) in [6.45, 7) is 0. The summed E-state index contributed by atoms with van der Waals surface area (Å²) in [5.41, 5.74) is 1.98. The number of terminal acetylenes is 1. The van der Waals surface area contributed by atoms with Crippen LogP contribution in [0.5, 0.6) is 0 Å². The van der Waals surface area contributed by atoms with E-state index < -0.39 is 0 Å². The van der Waals surface area contributed by atoms with E-state index >= 15 is 0 Å². The molecule has 0 spiro atoms. The fraction of sp³-hybridized carbons (Fsp3) is 0.182. The van der Waals surface area contributed by atoms with Crippen LogP contribution in [-0.2, 0) is 6.42 Å². The zero-order valence-electron chi connectivity index (χ0n) is 7.57. The van der Waals surface area contributed by atoms with Crippen LogP contribution >= 0.6 is 15.9 Å². The minimum Gasteiger partial charge on any atom is -0.306 e. The van der Waals surface area contributed by atoms with Gasteiger partial charge in [-0.05, 0) is 28.1 Å². The molecule has 0 unspecified atom stereocenters. The fourth-order valence-electron chi connectivity index (χ4n) is 1.35. The third kappa shape index (κ3) is 1.66. The third-order valence-corrected chi connectivity index (χ3v) is 2.63. The zero-order chi connectivity index (χ0) is 9.97. The monoisotopic (exact) mass is 248 g/mol. The molecular weight excluding hydrogens is 240 g/mol. The van der Waals surface area contributed by atoms with Gasteiger partial charge in [-0.3, -0.25) is 0 Å². The average Bonchev–Trinajstić information content (AvgIpc) is 2.59. The number of aryl methyl sites for hydroxylation is 1. The lowest BCUT2D eigenvalue weighted by Crippen LogP contribution is -1.81. The molecule has 14 heavy (non-hydrogen) atoms. The first kappa shape index (κ1) is 9.29. The van der Waals surface area contributed by atoms with Gasteiger partial charge in [0, 0.05) is 25.2 Å². The summed E-state index contributed by atoms with van der Waals surface area (Å²) in [4.78, 5) is 4.47. The lowest BCUT2D eigenvalue weighted by Gasteiger charge is -1.92. The van der Waals surface area contributed by atoms with Crippen LogP contribution in [0.1, 0.15) is 12.1 Å². The highest BCUT2D eigenvalue weighted by molar-refractivity contribution is 9.10. The van der Waals surface area contributed by atoms with Gasteiger partial charge in [0.1, 0.15) is 0 Å². The summed E-state index contributed by atoms with van der Waals surface area (Å²) >= 11 is 3.45. The minimum atomic E-state index is 0.738. The van der Waals surface area contributed by atoms with E-state index in [2.05, 4.69) is 26.8 Å². The molecule has 2 aromatic heterocycles. The predicted molar refractivity (Wildman–Crippen MR) is 60.0 cm³/mol. The van der Waals surface area contributed by atoms with Gasteiger partial charge < -0.3 is 4.40 Å². The largest absolute Gasteiger partial charge is 0.306 e. The number of aromatic nitrogens is 2. The summed E-state index contributed by atoms with van der Waals surface area (Å²) in [7, 11) is 0. The number of hydrogen-bond donors (Lipinski definition) is 0. The molecule has 3 heteroatoms. The van der Waals surface area contributed by atoms with Gasteiger partial charge in [0.2, 0.25) is 0 Å². The Kier molecular flexibility index (Phi) is 2.55. The molecule has 0 saturated heterocycles. The second-order valence-corrected chi connectivity index (χ2v) is 3.88. The molecule has 2 rings (SSSR count). The van der Waals surface area contributed by atoms with Crippen LogP contribution in [-0.4, -0.2) is 9.38 Å². The number of pyridine rings is 1. The van der Waals surface area contributed by atoms with Gasteiger partial charge >= 0.3 is 0 Å². The van der Waals surface area contributed by atoms with Crippen LogP contribution < -0.4 is 0 Å². The standard InChI is InChI=1S/C11H9BrN2/c1-2-3-5-9-8-14-7-4-6-10(12)11(14)13-9/h1,4,6-8H,3,5H2. The summed E-state index contributed by atoms with van der Waals surface area (Å²) < 4.78 is 3.00. The number of imidazole rings is 1. The molecule has 0 aromatic carbocycles. The number of rotatable bonds is 2. The lowest BCUT2D eigenvalue weighted by molar-refractivity contribution is 0.983. The maximum atomic E-state index is 5.21. The molecule has 2 nitrogen and oxygen atoms in total. The van der Waals surface area contributed by atoms with Gasteiger partial charge in [-0.25, -0.2) is 4.98 Å². The van der Waals surface area contributed by atoms with Crippen molar-refractivity contribution in [1.82, 2.24) is 9.38 Å². The highest BCUT2D eigenvalue weighted by atomic mass is 79.9. The fourth-order valence-corrected chi connectivity index (χ4v) is 1.80. The Hall–Kier alpha value is -1.27. The van der Waals surface area contributed by atoms with Crippen LogP contribution in [0.3, 0.4) is 0 Å². The Morgan fingerprint density at radius 1 is 1.57 bits per heavy atom. The second kappa shape index (κ2) is 3.85. The summed E-state index contributed by atoms with van der Waals surface area (Å²) in [5.74, 6) is 2.61. The van der Waals surface area contributed by atoms with E-state index in [9.17, 15) is 0 Å². The first-order valence-corrected chi connectivity index (χ1v) is 5.16. The van der Waals surface area contributed by atoms with Gasteiger partial charge in [0.25, 0.3) is 0 Å². The molecule has 0 N–H and O–H groups in total. The number of hydrogen-bond acceptors (Lipinski definition) is 1. The predicted octanol–water partition coefficient (Wildman–Crippen LogP) is 2.66. The quantitative estimate of drug-likeness (QED) is 0.748. The average molecular weight is 249 g/mol. The van der Waals surface area contributed by atoms with E-state index in [-0.39, 0.29) is 0 Å². The number of fused-ring (bicyclic) bond motifs is 1. The summed E-state index contributed by atoms with van der Waals surface area (Å²) in [5, 5.41) is 0. The Balaban J connectivity index is 2.42. The van der Waals surface area contributed by atoms with Crippen molar-refractivity contribution in [2.45, 2.75) is 12.8 Å². The Morgan fingerprint density at radius 3 is 3.14 bits per heavy atom. The number of nitrogens with zero attached hydrogens (tertiary/aromatic N) is 2. The topological polar surface area (TPSA) is 17.3 Å². The third-order valence-electron chi connectivity index (χ3n) is 2.01. The van der Waals surface area contributed by atoms with Crippen molar-refractivity contribution in [3.63, 3.8) is 0 Å². The first-order chi connectivity index (χ1) is 6.81. The molecule has 0 atom stereocenters. The molecule has 0 aliphatic carbocycles. The van der Waals surface area contributed by atoms with E-state index in [0.29, 0.717) is 0 Å². The van der Waals surface area contributed by atoms with Crippen molar-refractivity contribution >= 4 is 21.6 Å². The van der Waals surface area contributed by atoms with Crippen molar-refractivity contribution in [2.24, 2.45) is 0 Å². The van der Waals surface area contributed by atoms with E-state index in [0.717, 1.165) is 28.7 Å². The Morgan fingerprint density at radius 2 is 2.43 bits per heavy atom. The maximum absolute atomic E-state index is 5.21. The van der Waals surface area contributed by atoms with E-state index in [4.69, 9.17) is 6.42 Å². The van der Waals surface area contributed by atoms with Crippen molar-refractivity contribution in [3.05, 3.63) is 34.7 Å². The molecular formula is C11H9BrN2. The molecule has 2 heterocycles. The molecule has 0 fully saturated rings. The van der Waals surface area contributed by atoms with Gasteiger partial charge in [-0.1, -0.05) is 0 Å². The van der Waals surface area contributed by atoms with Gasteiger partial charge in [-0.15, -0.1) is 12.3 Å². The van der Waals surface area contributed by atoms with Crippen molar-refractivity contribution in [1.29, 1.82) is 0 Å². The van der Waals surface area contributed by atoms with Gasteiger partial charge in [0.05, 0.1) is 10.2 Å². The van der Waals surface area contributed by atoms with Crippen molar-refractivity contribution < 1.29 is 0 Å². The zero-order valence-corrected chi connectivity index (χ0v) is 9.16. The highest BCUT2D eigenvalue weighted by Crippen LogP contribution is 2.17. The van der Waals surface area contributed by atoms with Gasteiger partial charge in [0.15, 0.2) is 5.65 Å². The van der Waals surface area contributed by atoms with E-state index in [1.165, 1.54) is 0 Å². The molecule has 0 amide bonds. The number of halogens is 1. The van der Waals surface area contributed by atoms with Crippen LogP contribution in [0.4, 0.5) is 0 Å². The van der Waals surface area contributed by atoms with Crippen LogP contribution in [0.2, 0.25) is 0 Å². The molecule has 0 saturated carbocycles. The Labute approximate surface area is 91.1 Å². The minimum absolute atomic E-state index is 0.738. The molecule has 0 aliphatic heterocycles. The summed E-state index contributed by atoms with van der Waals surface area (Å²) in [6, 6.07) is 3.96. The van der Waals surface area contributed by atoms with Crippen LogP contribution in [0.25, 0.3) is 5.65 Å². The SMILES string of the molecule is C#CCCc1cn2cccc(Br)c2n1. The van der Waals surface area contributed by atoms with Crippen molar-refractivity contribution in [2.75, 3.05) is 0 Å². The van der Waals surface area contributed by atoms with Crippen LogP contribution in [0, 0.1) is 12.3 Å². The summed E-state index contributed by atoms with van der Waals surface area (Å²) in [6.07, 6.45) is 10.8.